The number of rotatable bonds is 4. The maximum Gasteiger partial charge on any atom is 0.226 e. The van der Waals surface area contributed by atoms with E-state index < -0.39 is 0 Å². The van der Waals surface area contributed by atoms with Crippen molar-refractivity contribution in [1.82, 2.24) is 0 Å². The second-order valence-corrected chi connectivity index (χ2v) is 6.10. The number of para-hydroxylation sites is 2. The Morgan fingerprint density at radius 2 is 1.86 bits per heavy atom. The minimum absolute atomic E-state index is 0.0134. The first kappa shape index (κ1) is 14.6. The topological polar surface area (TPSA) is 32.3 Å². The van der Waals surface area contributed by atoms with Gasteiger partial charge in [0, 0.05) is 30.4 Å². The monoisotopic (exact) mass is 294 g/mol. The standard InChI is InChI=1S/C19H22N2O/c1-14(2)19(22)20-17-9-5-3-8-16(17)13-21-12-11-15-7-4-6-10-18(15)21/h3-10,14H,11-13H2,1-2H3,(H,20,22). The van der Waals surface area contributed by atoms with Crippen LogP contribution in [0.4, 0.5) is 11.4 Å². The van der Waals surface area contributed by atoms with Crippen LogP contribution >= 0.6 is 0 Å². The Bertz CT molecular complexity index is 679. The van der Waals surface area contributed by atoms with Gasteiger partial charge in [-0.05, 0) is 29.7 Å². The second-order valence-electron chi connectivity index (χ2n) is 6.10. The fourth-order valence-corrected chi connectivity index (χ4v) is 2.83. The highest BCUT2D eigenvalue weighted by Gasteiger charge is 2.19. The Balaban J connectivity index is 1.80. The molecule has 0 saturated heterocycles. The molecule has 0 aromatic heterocycles. The van der Waals surface area contributed by atoms with Crippen molar-refractivity contribution in [2.75, 3.05) is 16.8 Å². The Labute approximate surface area is 132 Å². The number of anilines is 2. The van der Waals surface area contributed by atoms with E-state index in [9.17, 15) is 4.79 Å². The first-order valence-electron chi connectivity index (χ1n) is 7.87. The molecule has 0 bridgehead atoms. The third-order valence-corrected chi connectivity index (χ3v) is 4.14. The van der Waals surface area contributed by atoms with Crippen molar-refractivity contribution in [2.45, 2.75) is 26.8 Å². The number of benzene rings is 2. The van der Waals surface area contributed by atoms with Gasteiger partial charge < -0.3 is 10.2 Å². The Morgan fingerprint density at radius 3 is 2.68 bits per heavy atom. The summed E-state index contributed by atoms with van der Waals surface area (Å²) in [5.41, 5.74) is 4.80. The van der Waals surface area contributed by atoms with Gasteiger partial charge in [-0.25, -0.2) is 0 Å². The average molecular weight is 294 g/mol. The Hall–Kier alpha value is -2.29. The van der Waals surface area contributed by atoms with Gasteiger partial charge in [-0.3, -0.25) is 4.79 Å². The molecule has 1 amide bonds. The van der Waals surface area contributed by atoms with Gasteiger partial charge >= 0.3 is 0 Å². The Morgan fingerprint density at radius 1 is 1.14 bits per heavy atom. The van der Waals surface area contributed by atoms with E-state index in [2.05, 4.69) is 40.5 Å². The van der Waals surface area contributed by atoms with E-state index in [1.54, 1.807) is 0 Å². The van der Waals surface area contributed by atoms with E-state index in [4.69, 9.17) is 0 Å². The fourth-order valence-electron chi connectivity index (χ4n) is 2.83. The summed E-state index contributed by atoms with van der Waals surface area (Å²) in [5, 5.41) is 3.04. The van der Waals surface area contributed by atoms with Crippen molar-refractivity contribution < 1.29 is 4.79 Å². The number of hydrogen-bond acceptors (Lipinski definition) is 2. The third-order valence-electron chi connectivity index (χ3n) is 4.14. The maximum absolute atomic E-state index is 12.0. The number of nitrogens with one attached hydrogen (secondary N) is 1. The van der Waals surface area contributed by atoms with Crippen LogP contribution in [0.25, 0.3) is 0 Å². The van der Waals surface area contributed by atoms with Crippen LogP contribution in [0.5, 0.6) is 0 Å². The first-order valence-corrected chi connectivity index (χ1v) is 7.87. The molecular formula is C19H22N2O. The molecule has 0 fully saturated rings. The molecule has 1 aliphatic heterocycles. The summed E-state index contributed by atoms with van der Waals surface area (Å²) in [7, 11) is 0. The molecule has 1 N–H and O–H groups in total. The van der Waals surface area contributed by atoms with Gasteiger partial charge in [0.25, 0.3) is 0 Å². The third kappa shape index (κ3) is 2.98. The van der Waals surface area contributed by atoms with Crippen molar-refractivity contribution in [3.63, 3.8) is 0 Å². The van der Waals surface area contributed by atoms with Crippen molar-refractivity contribution in [3.8, 4) is 0 Å². The molecule has 0 aliphatic carbocycles. The molecule has 3 heteroatoms. The summed E-state index contributed by atoms with van der Waals surface area (Å²) in [6, 6.07) is 16.6. The van der Waals surface area contributed by atoms with Crippen LogP contribution in [0, 0.1) is 5.92 Å². The summed E-state index contributed by atoms with van der Waals surface area (Å²) in [6.07, 6.45) is 1.09. The number of amides is 1. The molecule has 2 aromatic carbocycles. The molecule has 0 saturated carbocycles. The molecule has 0 atom stereocenters. The molecule has 114 valence electrons. The van der Waals surface area contributed by atoms with Crippen LogP contribution in [0.2, 0.25) is 0 Å². The van der Waals surface area contributed by atoms with Crippen molar-refractivity contribution in [3.05, 3.63) is 59.7 Å². The predicted molar refractivity (Wildman–Crippen MR) is 91.1 cm³/mol. The second kappa shape index (κ2) is 6.22. The molecule has 0 unspecified atom stereocenters. The molecule has 2 aromatic rings. The number of carbonyl (C=O) groups excluding carboxylic acids is 1. The van der Waals surface area contributed by atoms with Gasteiger partial charge in [-0.1, -0.05) is 50.2 Å². The van der Waals surface area contributed by atoms with Gasteiger partial charge in [0.05, 0.1) is 0 Å². The zero-order chi connectivity index (χ0) is 15.5. The SMILES string of the molecule is CC(C)C(=O)Nc1ccccc1CN1CCc2ccccc21. The van der Waals surface area contributed by atoms with Crippen LogP contribution in [0.3, 0.4) is 0 Å². The lowest BCUT2D eigenvalue weighted by atomic mass is 10.1. The molecule has 1 aliphatic rings. The lowest BCUT2D eigenvalue weighted by molar-refractivity contribution is -0.118. The van der Waals surface area contributed by atoms with E-state index in [0.717, 1.165) is 30.8 Å². The van der Waals surface area contributed by atoms with Crippen molar-refractivity contribution in [2.24, 2.45) is 5.92 Å². The maximum atomic E-state index is 12.0. The fraction of sp³-hybridized carbons (Fsp3) is 0.316. The van der Waals surface area contributed by atoms with Crippen LogP contribution < -0.4 is 10.2 Å². The lowest BCUT2D eigenvalue weighted by Crippen LogP contribution is -2.23. The molecule has 1 heterocycles. The van der Waals surface area contributed by atoms with Crippen LogP contribution in [-0.4, -0.2) is 12.5 Å². The minimum atomic E-state index is -0.0134. The minimum Gasteiger partial charge on any atom is -0.367 e. The summed E-state index contributed by atoms with van der Waals surface area (Å²) in [5.74, 6) is 0.0508. The van der Waals surface area contributed by atoms with Gasteiger partial charge in [0.1, 0.15) is 0 Å². The van der Waals surface area contributed by atoms with Gasteiger partial charge in [-0.15, -0.1) is 0 Å². The summed E-state index contributed by atoms with van der Waals surface area (Å²) >= 11 is 0. The lowest BCUT2D eigenvalue weighted by Gasteiger charge is -2.21. The van der Waals surface area contributed by atoms with E-state index >= 15 is 0 Å². The van der Waals surface area contributed by atoms with Crippen LogP contribution in [0.15, 0.2) is 48.5 Å². The molecule has 3 rings (SSSR count). The molecule has 3 nitrogen and oxygen atoms in total. The summed E-state index contributed by atoms with van der Waals surface area (Å²) in [4.78, 5) is 14.4. The highest BCUT2D eigenvalue weighted by molar-refractivity contribution is 5.92. The van der Waals surface area contributed by atoms with E-state index in [1.165, 1.54) is 11.3 Å². The largest absolute Gasteiger partial charge is 0.367 e. The quantitative estimate of drug-likeness (QED) is 0.929. The van der Waals surface area contributed by atoms with Gasteiger partial charge in [0.15, 0.2) is 0 Å². The highest BCUT2D eigenvalue weighted by Crippen LogP contribution is 2.30. The van der Waals surface area contributed by atoms with Gasteiger partial charge in [0.2, 0.25) is 5.91 Å². The van der Waals surface area contributed by atoms with Crippen molar-refractivity contribution >= 4 is 17.3 Å². The summed E-state index contributed by atoms with van der Waals surface area (Å²) in [6.45, 7) is 5.68. The number of nitrogens with zero attached hydrogens (tertiary/aromatic N) is 1. The van der Waals surface area contributed by atoms with Crippen molar-refractivity contribution in [1.29, 1.82) is 0 Å². The normalized spacial score (nSPS) is 13.3. The first-order chi connectivity index (χ1) is 10.6. The summed E-state index contributed by atoms with van der Waals surface area (Å²) < 4.78 is 0. The average Bonchev–Trinajstić information content (AvgIpc) is 2.92. The number of hydrogen-bond donors (Lipinski definition) is 1. The zero-order valence-corrected chi connectivity index (χ0v) is 13.2. The smallest absolute Gasteiger partial charge is 0.226 e. The molecule has 0 spiro atoms. The van der Waals surface area contributed by atoms with E-state index in [0.29, 0.717) is 0 Å². The van der Waals surface area contributed by atoms with Crippen LogP contribution in [0.1, 0.15) is 25.0 Å². The van der Waals surface area contributed by atoms with E-state index in [-0.39, 0.29) is 11.8 Å². The van der Waals surface area contributed by atoms with Crippen LogP contribution in [-0.2, 0) is 17.8 Å². The van der Waals surface area contributed by atoms with Gasteiger partial charge in [-0.2, -0.15) is 0 Å². The Kier molecular flexibility index (Phi) is 4.14. The highest BCUT2D eigenvalue weighted by atomic mass is 16.1. The molecular weight excluding hydrogens is 272 g/mol. The predicted octanol–water partition coefficient (Wildman–Crippen LogP) is 3.84. The number of fused-ring (bicyclic) bond motifs is 1. The van der Waals surface area contributed by atoms with E-state index in [1.807, 2.05) is 32.0 Å². The number of carbonyl (C=O) groups is 1. The molecule has 0 radical (unpaired) electrons. The zero-order valence-electron chi connectivity index (χ0n) is 13.2. The molecule has 22 heavy (non-hydrogen) atoms.